The summed E-state index contributed by atoms with van der Waals surface area (Å²) < 4.78 is 2.07. The Bertz CT molecular complexity index is 2120. The number of amides is 4. The Hall–Kier alpha value is -5.78. The summed E-state index contributed by atoms with van der Waals surface area (Å²) >= 11 is 0. The molecule has 2 aromatic heterocycles. The molecule has 0 fully saturated rings. The van der Waals surface area contributed by atoms with E-state index in [2.05, 4.69) is 13.8 Å². The predicted octanol–water partition coefficient (Wildman–Crippen LogP) is 3.10. The van der Waals surface area contributed by atoms with Crippen molar-refractivity contribution in [1.82, 2.24) is 18.9 Å². The molecule has 0 saturated heterocycles. The van der Waals surface area contributed by atoms with E-state index in [1.165, 1.54) is 37.5 Å². The van der Waals surface area contributed by atoms with Crippen LogP contribution in [0.1, 0.15) is 75.5 Å². The van der Waals surface area contributed by atoms with Gasteiger partial charge in [0.1, 0.15) is 0 Å². The molecule has 4 amide bonds. The smallest absolute Gasteiger partial charge is 0.261 e. The number of nitrogens with zero attached hydrogens (tertiary/aromatic N) is 4. The molecule has 0 saturated carbocycles. The lowest BCUT2D eigenvalue weighted by molar-refractivity contribution is 0.0656. The number of fused-ring (bicyclic) bond motifs is 4. The summed E-state index contributed by atoms with van der Waals surface area (Å²) in [6, 6.07) is 16.4. The number of carbonyl (C=O) groups excluding carboxylic acids is 4. The normalized spacial score (nSPS) is 13.1. The third-order valence-electron chi connectivity index (χ3n) is 7.69. The first-order chi connectivity index (χ1) is 22.4. The maximum atomic E-state index is 12.0. The molecule has 12 nitrogen and oxygen atoms in total. The molecule has 242 valence electrons. The maximum Gasteiger partial charge on any atom is 0.261 e. The van der Waals surface area contributed by atoms with E-state index in [1.54, 1.807) is 62.4 Å². The van der Waals surface area contributed by atoms with Crippen LogP contribution in [0.4, 0.5) is 0 Å². The van der Waals surface area contributed by atoms with Crippen LogP contribution in [0.3, 0.4) is 0 Å². The fourth-order valence-corrected chi connectivity index (χ4v) is 5.27. The van der Waals surface area contributed by atoms with Crippen LogP contribution < -0.4 is 22.2 Å². The largest absolute Gasteiger partial charge is 0.277 e. The number of benzene rings is 3. The molecule has 0 atom stereocenters. The SMILES string of the molecule is CCC.CCN1C(=O)c2ccccc2C1=O.CCn1c(=O)c2cc3c(=O)n(C)c(=O)c3cc2c1=O.CN1C(=O)c2ccccc2C1=O. The molecular formula is C35H34N4O8. The van der Waals surface area contributed by atoms with E-state index in [0.29, 0.717) is 28.8 Å². The average molecular weight is 639 g/mol. The van der Waals surface area contributed by atoms with Crippen molar-refractivity contribution in [2.45, 2.75) is 40.7 Å². The second-order valence-corrected chi connectivity index (χ2v) is 10.8. The quantitative estimate of drug-likeness (QED) is 0.268. The van der Waals surface area contributed by atoms with Crippen molar-refractivity contribution in [1.29, 1.82) is 0 Å². The molecule has 0 spiro atoms. The zero-order chi connectivity index (χ0) is 34.7. The van der Waals surface area contributed by atoms with E-state index >= 15 is 0 Å². The van der Waals surface area contributed by atoms with Crippen LogP contribution in [0.25, 0.3) is 21.5 Å². The van der Waals surface area contributed by atoms with Gasteiger partial charge in [0, 0.05) is 27.2 Å². The summed E-state index contributed by atoms with van der Waals surface area (Å²) in [5.74, 6) is -0.780. The molecule has 4 heterocycles. The zero-order valence-corrected chi connectivity index (χ0v) is 26.9. The van der Waals surface area contributed by atoms with Gasteiger partial charge in [-0.1, -0.05) is 44.5 Å². The molecule has 12 heteroatoms. The van der Waals surface area contributed by atoms with Gasteiger partial charge in [0.25, 0.3) is 45.9 Å². The van der Waals surface area contributed by atoms with Gasteiger partial charge < -0.3 is 0 Å². The summed E-state index contributed by atoms with van der Waals surface area (Å²) in [5, 5.41) is 0.764. The molecule has 0 bridgehead atoms. The first-order valence-electron chi connectivity index (χ1n) is 15.1. The summed E-state index contributed by atoms with van der Waals surface area (Å²) in [7, 11) is 2.86. The van der Waals surface area contributed by atoms with Crippen LogP contribution in [-0.4, -0.2) is 56.2 Å². The monoisotopic (exact) mass is 638 g/mol. The zero-order valence-electron chi connectivity index (χ0n) is 26.9. The van der Waals surface area contributed by atoms with Crippen LogP contribution in [0.15, 0.2) is 79.8 Å². The highest BCUT2D eigenvalue weighted by Crippen LogP contribution is 2.22. The molecule has 0 unspecified atom stereocenters. The second kappa shape index (κ2) is 13.7. The van der Waals surface area contributed by atoms with E-state index in [0.717, 1.165) is 14.0 Å². The molecule has 2 aliphatic heterocycles. The van der Waals surface area contributed by atoms with Gasteiger partial charge in [-0.15, -0.1) is 0 Å². The Morgan fingerprint density at radius 3 is 1.11 bits per heavy atom. The molecule has 47 heavy (non-hydrogen) atoms. The first kappa shape index (κ1) is 34.1. The van der Waals surface area contributed by atoms with Gasteiger partial charge in [-0.25, -0.2) is 0 Å². The lowest BCUT2D eigenvalue weighted by atomic mass is 10.1. The molecule has 0 N–H and O–H groups in total. The summed E-state index contributed by atoms with van der Waals surface area (Å²) in [6.07, 6.45) is 1.25. The standard InChI is InChI=1S/C13H10N2O4.C10H9NO2.C9H7NO2.C3H8/c1-3-15-12(18)8-4-6-7(5-9(8)13(15)19)11(17)14(2)10(6)16;1-2-11-9(12)7-5-3-4-6-8(7)10(11)13;1-10-8(11)6-4-2-3-5-7(6)9(10)12;1-3-2/h4-5H,3H2,1-2H3;3-6H,2H2,1H3;2-5H,1H3;3H2,1-2H3. The fourth-order valence-electron chi connectivity index (χ4n) is 5.27. The van der Waals surface area contributed by atoms with E-state index in [9.17, 15) is 38.4 Å². The van der Waals surface area contributed by atoms with Gasteiger partial charge in [-0.2, -0.15) is 0 Å². The van der Waals surface area contributed by atoms with Crippen LogP contribution in [0.5, 0.6) is 0 Å². The van der Waals surface area contributed by atoms with Crippen LogP contribution in [-0.2, 0) is 13.6 Å². The Kier molecular flexibility index (Phi) is 9.93. The summed E-state index contributed by atoms with van der Waals surface area (Å²) in [5.41, 5.74) is 0.329. The third-order valence-corrected chi connectivity index (χ3v) is 7.69. The molecule has 0 aliphatic carbocycles. The van der Waals surface area contributed by atoms with Gasteiger partial charge in [0.2, 0.25) is 0 Å². The predicted molar refractivity (Wildman–Crippen MR) is 178 cm³/mol. The molecule has 0 radical (unpaired) electrons. The van der Waals surface area contributed by atoms with Crippen molar-refractivity contribution in [2.24, 2.45) is 7.05 Å². The maximum absolute atomic E-state index is 12.0. The number of rotatable bonds is 2. The number of hydrogen-bond acceptors (Lipinski definition) is 8. The van der Waals surface area contributed by atoms with E-state index in [4.69, 9.17) is 0 Å². The number of aromatic nitrogens is 2. The topological polar surface area (TPSA) is 153 Å². The minimum absolute atomic E-state index is 0.178. The molecule has 2 aliphatic rings. The van der Waals surface area contributed by atoms with Crippen molar-refractivity contribution in [3.63, 3.8) is 0 Å². The van der Waals surface area contributed by atoms with Crippen molar-refractivity contribution in [3.05, 3.63) is 124 Å². The summed E-state index contributed by atoms with van der Waals surface area (Å²) in [6.45, 7) is 8.44. The van der Waals surface area contributed by atoms with Gasteiger partial charge in [-0.05, 0) is 50.2 Å². The van der Waals surface area contributed by atoms with Crippen LogP contribution >= 0.6 is 0 Å². The van der Waals surface area contributed by atoms with E-state index < -0.39 is 22.2 Å². The molecule has 3 aromatic carbocycles. The number of imide groups is 2. The highest BCUT2D eigenvalue weighted by molar-refractivity contribution is 6.21. The highest BCUT2D eigenvalue weighted by Gasteiger charge is 2.33. The molecular weight excluding hydrogens is 604 g/mol. The van der Waals surface area contributed by atoms with Gasteiger partial charge in [0.05, 0.1) is 43.8 Å². The van der Waals surface area contributed by atoms with Gasteiger partial charge in [0.15, 0.2) is 0 Å². The van der Waals surface area contributed by atoms with Crippen molar-refractivity contribution >= 4 is 45.2 Å². The second-order valence-electron chi connectivity index (χ2n) is 10.8. The molecule has 5 aromatic rings. The van der Waals surface area contributed by atoms with Crippen molar-refractivity contribution < 1.29 is 19.2 Å². The molecule has 7 rings (SSSR count). The van der Waals surface area contributed by atoms with Crippen LogP contribution in [0.2, 0.25) is 0 Å². The van der Waals surface area contributed by atoms with Crippen molar-refractivity contribution in [2.75, 3.05) is 13.6 Å². The third kappa shape index (κ3) is 5.85. The average Bonchev–Trinajstić information content (AvgIpc) is 3.65. The van der Waals surface area contributed by atoms with Gasteiger partial charge in [-0.3, -0.25) is 57.3 Å². The van der Waals surface area contributed by atoms with Crippen molar-refractivity contribution in [3.8, 4) is 0 Å². The lowest BCUT2D eigenvalue weighted by Crippen LogP contribution is -2.29. The Morgan fingerprint density at radius 1 is 0.468 bits per heavy atom. The minimum atomic E-state index is -0.446. The Balaban J connectivity index is 0.000000158. The number of hydrogen-bond donors (Lipinski definition) is 0. The fraction of sp³-hybridized carbons (Fsp3) is 0.257. The van der Waals surface area contributed by atoms with E-state index in [-0.39, 0.29) is 51.7 Å². The first-order valence-corrected chi connectivity index (χ1v) is 15.1. The lowest BCUT2D eigenvalue weighted by Gasteiger charge is -2.08. The number of carbonyl (C=O) groups is 4. The minimum Gasteiger partial charge on any atom is -0.277 e. The Morgan fingerprint density at radius 2 is 0.787 bits per heavy atom. The van der Waals surface area contributed by atoms with Crippen LogP contribution in [0, 0.1) is 0 Å². The van der Waals surface area contributed by atoms with Gasteiger partial charge >= 0.3 is 0 Å². The highest BCUT2D eigenvalue weighted by atomic mass is 16.2. The summed E-state index contributed by atoms with van der Waals surface area (Å²) in [4.78, 5) is 95.8. The Labute approximate surface area is 268 Å². The van der Waals surface area contributed by atoms with E-state index in [1.807, 2.05) is 0 Å².